The van der Waals surface area contributed by atoms with Crippen molar-refractivity contribution in [2.45, 2.75) is 12.8 Å². The number of nitrogens with one attached hydrogen (secondary N) is 1. The molecule has 2 amide bonds. The number of hydrogen-bond donors (Lipinski definition) is 1. The molecule has 3 heterocycles. The summed E-state index contributed by atoms with van der Waals surface area (Å²) in [6.45, 7) is 5.71. The third-order valence-corrected chi connectivity index (χ3v) is 5.33. The first-order valence-corrected chi connectivity index (χ1v) is 9.37. The normalized spacial score (nSPS) is 18.6. The van der Waals surface area contributed by atoms with E-state index in [9.17, 15) is 9.59 Å². The van der Waals surface area contributed by atoms with Crippen LogP contribution in [0.4, 0.5) is 10.3 Å². The molecule has 0 aliphatic carbocycles. The molecule has 2 aliphatic rings. The van der Waals surface area contributed by atoms with Crippen LogP contribution >= 0.6 is 11.3 Å². The molecule has 3 rings (SSSR count). The molecule has 0 unspecified atom stereocenters. The number of carbonyl (C=O) groups excluding carboxylic acids is 2. The van der Waals surface area contributed by atoms with Crippen molar-refractivity contribution in [2.75, 3.05) is 69.3 Å². The number of likely N-dealkylation sites (N-methyl/N-ethyl adjacent to an activating group) is 1. The topological polar surface area (TPSA) is 90.9 Å². The largest absolute Gasteiger partial charge is 0.379 e. The molecular formula is C15H24N6O3S. The van der Waals surface area contributed by atoms with E-state index in [4.69, 9.17) is 4.74 Å². The van der Waals surface area contributed by atoms with Gasteiger partial charge in [-0.25, -0.2) is 0 Å². The number of aromatic nitrogens is 2. The molecule has 0 spiro atoms. The lowest BCUT2D eigenvalue weighted by Crippen LogP contribution is -2.43. The van der Waals surface area contributed by atoms with E-state index in [1.165, 1.54) is 11.3 Å². The Balaban J connectivity index is 1.42. The van der Waals surface area contributed by atoms with Gasteiger partial charge in [0.05, 0.1) is 19.8 Å². The van der Waals surface area contributed by atoms with E-state index in [-0.39, 0.29) is 18.4 Å². The van der Waals surface area contributed by atoms with Crippen molar-refractivity contribution in [3.63, 3.8) is 0 Å². The molecule has 0 atom stereocenters. The predicted molar refractivity (Wildman–Crippen MR) is 95.0 cm³/mol. The Labute approximate surface area is 150 Å². The molecule has 1 aromatic rings. The van der Waals surface area contributed by atoms with E-state index in [0.29, 0.717) is 29.8 Å². The maximum absolute atomic E-state index is 12.1. The van der Waals surface area contributed by atoms with Gasteiger partial charge >= 0.3 is 0 Å². The van der Waals surface area contributed by atoms with E-state index in [0.717, 1.165) is 39.3 Å². The molecule has 0 aromatic carbocycles. The first kappa shape index (κ1) is 18.0. The van der Waals surface area contributed by atoms with Crippen molar-refractivity contribution in [1.29, 1.82) is 0 Å². The monoisotopic (exact) mass is 368 g/mol. The standard InChI is InChI=1S/C15H24N6O3S/c1-19(11-12(22)16-4-6-20-7-9-24-10-8-20)14-17-18-15(25-14)21-5-2-3-13(21)23/h2-11H2,1H3,(H,16,22). The summed E-state index contributed by atoms with van der Waals surface area (Å²) in [5.41, 5.74) is 0. The van der Waals surface area contributed by atoms with Crippen LogP contribution in [0.2, 0.25) is 0 Å². The van der Waals surface area contributed by atoms with Gasteiger partial charge in [0.15, 0.2) is 0 Å². The molecule has 25 heavy (non-hydrogen) atoms. The average molecular weight is 368 g/mol. The summed E-state index contributed by atoms with van der Waals surface area (Å²) in [7, 11) is 1.80. The Morgan fingerprint density at radius 2 is 2.12 bits per heavy atom. The van der Waals surface area contributed by atoms with Gasteiger partial charge in [-0.1, -0.05) is 11.3 Å². The zero-order valence-corrected chi connectivity index (χ0v) is 15.3. The van der Waals surface area contributed by atoms with Crippen molar-refractivity contribution >= 4 is 33.4 Å². The highest BCUT2D eigenvalue weighted by Gasteiger charge is 2.25. The number of carbonyl (C=O) groups is 2. The number of morpholine rings is 1. The van der Waals surface area contributed by atoms with Gasteiger partial charge in [0, 0.05) is 46.2 Å². The van der Waals surface area contributed by atoms with E-state index >= 15 is 0 Å². The number of ether oxygens (including phenoxy) is 1. The minimum atomic E-state index is -0.0511. The quantitative estimate of drug-likeness (QED) is 0.697. The third-order valence-electron chi connectivity index (χ3n) is 4.27. The number of anilines is 2. The Hall–Kier alpha value is -1.78. The van der Waals surface area contributed by atoms with Crippen LogP contribution in [-0.2, 0) is 14.3 Å². The van der Waals surface area contributed by atoms with E-state index in [2.05, 4.69) is 20.4 Å². The second-order valence-electron chi connectivity index (χ2n) is 6.18. The fourth-order valence-corrected chi connectivity index (χ4v) is 3.69. The van der Waals surface area contributed by atoms with Crippen molar-refractivity contribution < 1.29 is 14.3 Å². The second-order valence-corrected chi connectivity index (χ2v) is 7.11. The summed E-state index contributed by atoms with van der Waals surface area (Å²) < 4.78 is 5.30. The molecule has 2 saturated heterocycles. The van der Waals surface area contributed by atoms with Crippen LogP contribution < -0.4 is 15.1 Å². The van der Waals surface area contributed by atoms with E-state index in [1.54, 1.807) is 16.8 Å². The molecule has 1 aromatic heterocycles. The van der Waals surface area contributed by atoms with Gasteiger partial charge in [-0.15, -0.1) is 10.2 Å². The number of nitrogens with zero attached hydrogens (tertiary/aromatic N) is 5. The summed E-state index contributed by atoms with van der Waals surface area (Å²) in [6.07, 6.45) is 1.42. The summed E-state index contributed by atoms with van der Waals surface area (Å²) in [4.78, 5) is 29.5. The maximum atomic E-state index is 12.1. The molecule has 0 bridgehead atoms. The molecule has 138 valence electrons. The van der Waals surface area contributed by atoms with Gasteiger partial charge in [0.2, 0.25) is 22.1 Å². The Morgan fingerprint density at radius 1 is 1.32 bits per heavy atom. The van der Waals surface area contributed by atoms with Crippen LogP contribution in [0, 0.1) is 0 Å². The highest BCUT2D eigenvalue weighted by Crippen LogP contribution is 2.29. The molecule has 1 N–H and O–H groups in total. The Kier molecular flexibility index (Phi) is 6.16. The van der Waals surface area contributed by atoms with Gasteiger partial charge in [-0.05, 0) is 6.42 Å². The summed E-state index contributed by atoms with van der Waals surface area (Å²) >= 11 is 1.34. The predicted octanol–water partition coefficient (Wildman–Crippen LogP) is -0.450. The van der Waals surface area contributed by atoms with Gasteiger partial charge in [-0.3, -0.25) is 19.4 Å². The van der Waals surface area contributed by atoms with Crippen LogP contribution in [0.25, 0.3) is 0 Å². The third kappa shape index (κ3) is 4.86. The molecule has 0 saturated carbocycles. The summed E-state index contributed by atoms with van der Waals surface area (Å²) in [6, 6.07) is 0. The van der Waals surface area contributed by atoms with E-state index < -0.39 is 0 Å². The Morgan fingerprint density at radius 3 is 2.84 bits per heavy atom. The average Bonchev–Trinajstić information content (AvgIpc) is 3.24. The summed E-state index contributed by atoms with van der Waals surface area (Å²) in [5.74, 6) is 0.0379. The number of rotatable bonds is 7. The first-order valence-electron chi connectivity index (χ1n) is 8.55. The van der Waals surface area contributed by atoms with Crippen molar-refractivity contribution in [1.82, 2.24) is 20.4 Å². The number of amides is 2. The lowest BCUT2D eigenvalue weighted by atomic mass is 10.4. The van der Waals surface area contributed by atoms with Gasteiger partial charge in [0.25, 0.3) is 0 Å². The highest BCUT2D eigenvalue weighted by atomic mass is 32.1. The van der Waals surface area contributed by atoms with Crippen LogP contribution in [-0.4, -0.2) is 86.4 Å². The van der Waals surface area contributed by atoms with Gasteiger partial charge in [-0.2, -0.15) is 0 Å². The lowest BCUT2D eigenvalue weighted by Gasteiger charge is -2.26. The molecule has 10 heteroatoms. The second kappa shape index (κ2) is 8.54. The smallest absolute Gasteiger partial charge is 0.239 e. The van der Waals surface area contributed by atoms with Crippen LogP contribution in [0.1, 0.15) is 12.8 Å². The fraction of sp³-hybridized carbons (Fsp3) is 0.733. The maximum Gasteiger partial charge on any atom is 0.239 e. The van der Waals surface area contributed by atoms with Gasteiger partial charge in [0.1, 0.15) is 0 Å². The highest BCUT2D eigenvalue weighted by molar-refractivity contribution is 7.19. The van der Waals surface area contributed by atoms with Crippen molar-refractivity contribution in [3.05, 3.63) is 0 Å². The minimum Gasteiger partial charge on any atom is -0.379 e. The number of hydrogen-bond acceptors (Lipinski definition) is 8. The zero-order chi connectivity index (χ0) is 17.6. The zero-order valence-electron chi connectivity index (χ0n) is 14.4. The molecule has 0 radical (unpaired) electrons. The fourth-order valence-electron chi connectivity index (χ4n) is 2.84. The van der Waals surface area contributed by atoms with Crippen LogP contribution in [0.3, 0.4) is 0 Å². The minimum absolute atomic E-state index is 0.0511. The summed E-state index contributed by atoms with van der Waals surface area (Å²) in [5, 5.41) is 12.4. The van der Waals surface area contributed by atoms with E-state index in [1.807, 2.05) is 0 Å². The molecule has 2 aliphatic heterocycles. The van der Waals surface area contributed by atoms with Crippen molar-refractivity contribution in [2.24, 2.45) is 0 Å². The van der Waals surface area contributed by atoms with Crippen LogP contribution in [0.5, 0.6) is 0 Å². The SMILES string of the molecule is CN(CC(=O)NCCN1CCOCC1)c1nnc(N2CCCC2=O)s1. The molecular weight excluding hydrogens is 344 g/mol. The molecule has 2 fully saturated rings. The Bertz CT molecular complexity index is 604. The lowest BCUT2D eigenvalue weighted by molar-refractivity contribution is -0.120. The first-order chi connectivity index (χ1) is 12.1. The van der Waals surface area contributed by atoms with Crippen LogP contribution in [0.15, 0.2) is 0 Å². The van der Waals surface area contributed by atoms with Crippen molar-refractivity contribution in [3.8, 4) is 0 Å². The van der Waals surface area contributed by atoms with Gasteiger partial charge < -0.3 is 15.0 Å². The molecule has 9 nitrogen and oxygen atoms in total.